The molecule has 10 heteroatoms. The van der Waals surface area contributed by atoms with Gasteiger partial charge < -0.3 is 26.0 Å². The highest BCUT2D eigenvalue weighted by atomic mass is 16.5. The molecule has 1 saturated carbocycles. The average molecular weight is 465 g/mol. The number of carbonyl (C=O) groups excluding carboxylic acids is 1. The van der Waals surface area contributed by atoms with Crippen LogP contribution in [0, 0.1) is 5.92 Å². The van der Waals surface area contributed by atoms with Crippen LogP contribution < -0.4 is 37.4 Å². The molecule has 5 rings (SSSR count). The quantitative estimate of drug-likeness (QED) is 0.259. The van der Waals surface area contributed by atoms with Crippen LogP contribution in [-0.2, 0) is 9.53 Å². The number of piperidine rings is 1. The predicted octanol–water partition coefficient (Wildman–Crippen LogP) is -1.24. The molecule has 5 aliphatic rings. The molecule has 4 saturated heterocycles. The van der Waals surface area contributed by atoms with E-state index in [9.17, 15) is 4.79 Å². The van der Waals surface area contributed by atoms with Crippen molar-refractivity contribution in [1.29, 1.82) is 0 Å². The Bertz CT molecular complexity index is 646. The van der Waals surface area contributed by atoms with Gasteiger partial charge in [-0.15, -0.1) is 0 Å². The van der Waals surface area contributed by atoms with Gasteiger partial charge in [-0.1, -0.05) is 6.42 Å². The first kappa shape index (κ1) is 23.9. The van der Waals surface area contributed by atoms with Gasteiger partial charge in [0.05, 0.1) is 24.5 Å². The van der Waals surface area contributed by atoms with Gasteiger partial charge in [0.15, 0.2) is 0 Å². The van der Waals surface area contributed by atoms with E-state index in [-0.39, 0.29) is 36.2 Å². The number of hydrazine groups is 1. The maximum Gasteiger partial charge on any atom is 0.223 e. The molecule has 0 aromatic rings. The third-order valence-corrected chi connectivity index (χ3v) is 8.44. The number of carbonyl (C=O) groups is 1. The van der Waals surface area contributed by atoms with Gasteiger partial charge in [0.1, 0.15) is 0 Å². The normalized spacial score (nSPS) is 42.6. The average Bonchev–Trinajstić information content (AvgIpc) is 3.24. The van der Waals surface area contributed by atoms with Crippen molar-refractivity contribution in [3.05, 3.63) is 0 Å². The van der Waals surface area contributed by atoms with E-state index in [1.54, 1.807) is 0 Å². The van der Waals surface area contributed by atoms with E-state index in [2.05, 4.69) is 49.4 Å². The van der Waals surface area contributed by atoms with Crippen LogP contribution in [-0.4, -0.2) is 93.4 Å². The lowest BCUT2D eigenvalue weighted by molar-refractivity contribution is -0.129. The summed E-state index contributed by atoms with van der Waals surface area (Å²) in [4.78, 5) is 15.6. The Morgan fingerprint density at radius 1 is 1.06 bits per heavy atom. The largest absolute Gasteiger partial charge is 0.376 e. The number of ether oxygens (including phenoxy) is 1. The first-order valence-corrected chi connectivity index (χ1v) is 13.2. The molecule has 4 heterocycles. The lowest BCUT2D eigenvalue weighted by Crippen LogP contribution is -2.62. The number of nitrogens with one attached hydrogen (secondary N) is 7. The molecule has 0 aromatic carbocycles. The van der Waals surface area contributed by atoms with Gasteiger partial charge >= 0.3 is 0 Å². The van der Waals surface area contributed by atoms with Gasteiger partial charge in [-0.2, -0.15) is 0 Å². The third kappa shape index (κ3) is 5.70. The van der Waals surface area contributed by atoms with Gasteiger partial charge in [-0.05, 0) is 65.1 Å². The van der Waals surface area contributed by atoms with Crippen LogP contribution in [0.25, 0.3) is 0 Å². The van der Waals surface area contributed by atoms with Gasteiger partial charge in [0.2, 0.25) is 5.91 Å². The van der Waals surface area contributed by atoms with Gasteiger partial charge in [-0.25, -0.2) is 10.9 Å². The molecule has 5 fully saturated rings. The van der Waals surface area contributed by atoms with E-state index in [1.807, 2.05) is 0 Å². The Labute approximate surface area is 198 Å². The summed E-state index contributed by atoms with van der Waals surface area (Å²) in [7, 11) is 2.19. The first-order chi connectivity index (χ1) is 16.2. The molecule has 0 bridgehead atoms. The molecular weight excluding hydrogens is 420 g/mol. The number of amides is 1. The zero-order chi connectivity index (χ0) is 22.6. The van der Waals surface area contributed by atoms with E-state index < -0.39 is 0 Å². The second kappa shape index (κ2) is 11.3. The van der Waals surface area contributed by atoms with E-state index in [0.717, 1.165) is 84.3 Å². The van der Waals surface area contributed by atoms with Gasteiger partial charge in [0.25, 0.3) is 0 Å². The molecule has 0 aromatic heterocycles. The topological polar surface area (TPSA) is 114 Å². The van der Waals surface area contributed by atoms with Crippen LogP contribution >= 0.6 is 0 Å². The van der Waals surface area contributed by atoms with Crippen LogP contribution in [0.5, 0.6) is 0 Å². The Kier molecular flexibility index (Phi) is 8.14. The Hall–Kier alpha value is -0.850. The maximum absolute atomic E-state index is 13.2. The number of hydrogen-bond donors (Lipinski definition) is 7. The molecule has 4 aliphatic heterocycles. The van der Waals surface area contributed by atoms with E-state index in [1.165, 1.54) is 0 Å². The monoisotopic (exact) mass is 464 g/mol. The summed E-state index contributed by atoms with van der Waals surface area (Å²) in [5.74, 6) is 0.356. The van der Waals surface area contributed by atoms with Crippen molar-refractivity contribution in [3.63, 3.8) is 0 Å². The zero-order valence-corrected chi connectivity index (χ0v) is 20.1. The van der Waals surface area contributed by atoms with Crippen molar-refractivity contribution >= 4 is 5.91 Å². The van der Waals surface area contributed by atoms with Crippen molar-refractivity contribution in [3.8, 4) is 0 Å². The minimum Gasteiger partial charge on any atom is -0.376 e. The second-order valence-electron chi connectivity index (χ2n) is 10.6. The lowest BCUT2D eigenvalue weighted by atomic mass is 9.84. The second-order valence-corrected chi connectivity index (χ2v) is 10.6. The summed E-state index contributed by atoms with van der Waals surface area (Å²) in [5, 5.41) is 17.7. The van der Waals surface area contributed by atoms with Crippen molar-refractivity contribution in [2.75, 3.05) is 40.0 Å². The fourth-order valence-electron chi connectivity index (χ4n) is 6.43. The molecule has 7 N–H and O–H groups in total. The summed E-state index contributed by atoms with van der Waals surface area (Å²) in [6.45, 7) is 4.59. The van der Waals surface area contributed by atoms with Crippen molar-refractivity contribution in [1.82, 2.24) is 42.3 Å². The number of likely N-dealkylation sites (N-methyl/N-ethyl adjacent to an activating group) is 1. The molecule has 1 amide bonds. The Morgan fingerprint density at radius 3 is 2.88 bits per heavy atom. The molecule has 1 aliphatic carbocycles. The van der Waals surface area contributed by atoms with E-state index >= 15 is 0 Å². The smallest absolute Gasteiger partial charge is 0.223 e. The van der Waals surface area contributed by atoms with Crippen LogP contribution in [0.1, 0.15) is 51.4 Å². The molecule has 33 heavy (non-hydrogen) atoms. The predicted molar refractivity (Wildman–Crippen MR) is 127 cm³/mol. The number of nitrogens with zero attached hydrogens (tertiary/aromatic N) is 1. The zero-order valence-electron chi connectivity index (χ0n) is 20.1. The summed E-state index contributed by atoms with van der Waals surface area (Å²) in [5.41, 5.74) is 6.94. The number of rotatable bonds is 6. The molecule has 7 unspecified atom stereocenters. The van der Waals surface area contributed by atoms with Crippen molar-refractivity contribution in [2.45, 2.75) is 94.0 Å². The van der Waals surface area contributed by atoms with Crippen LogP contribution in [0.15, 0.2) is 0 Å². The molecule has 188 valence electrons. The molecule has 10 nitrogen and oxygen atoms in total. The highest BCUT2D eigenvalue weighted by Gasteiger charge is 2.39. The summed E-state index contributed by atoms with van der Waals surface area (Å²) >= 11 is 0. The third-order valence-electron chi connectivity index (χ3n) is 8.44. The summed E-state index contributed by atoms with van der Waals surface area (Å²) in [6, 6.07) is 1.32. The lowest BCUT2D eigenvalue weighted by Gasteiger charge is -2.42. The molecule has 8 atom stereocenters. The van der Waals surface area contributed by atoms with Gasteiger partial charge in [-0.3, -0.25) is 15.0 Å². The molecular formula is C23H44N8O2. The van der Waals surface area contributed by atoms with E-state index in [0.29, 0.717) is 18.2 Å². The van der Waals surface area contributed by atoms with Crippen LogP contribution in [0.4, 0.5) is 0 Å². The minimum absolute atomic E-state index is 0.111. The fraction of sp³-hybridized carbons (Fsp3) is 0.957. The Morgan fingerprint density at radius 2 is 2.00 bits per heavy atom. The standard InChI is InChI=1S/C23H44N8O2/c1-31-20(29-30-22(31)18-7-10-24-14-27-18)13-26-16-5-2-4-15(12-16)23(32)28-17-8-11-33-19-6-3-9-25-21(17)19/h15-22,24-27,29-30H,2-14H2,1H3,(H,28,32)/t15?,16?,17-,18?,19?,20?,21?,22?/m0/s1. The summed E-state index contributed by atoms with van der Waals surface area (Å²) in [6.07, 6.45) is 9.28. The molecule has 0 spiro atoms. The highest BCUT2D eigenvalue weighted by Crippen LogP contribution is 2.27. The number of fused-ring (bicyclic) bond motifs is 1. The molecule has 0 radical (unpaired) electrons. The number of hydrogen-bond acceptors (Lipinski definition) is 9. The Balaban J connectivity index is 1.07. The highest BCUT2D eigenvalue weighted by molar-refractivity contribution is 5.79. The van der Waals surface area contributed by atoms with Crippen molar-refractivity contribution in [2.24, 2.45) is 5.92 Å². The SMILES string of the molecule is CN1C(CNC2CCCC(C(=O)N[C@H]3CCOC4CCCNC43)C2)NNC1C1CCNCN1. The van der Waals surface area contributed by atoms with Crippen molar-refractivity contribution < 1.29 is 9.53 Å². The fourth-order valence-corrected chi connectivity index (χ4v) is 6.43. The summed E-state index contributed by atoms with van der Waals surface area (Å²) < 4.78 is 5.95. The van der Waals surface area contributed by atoms with Gasteiger partial charge in [0, 0.05) is 43.9 Å². The van der Waals surface area contributed by atoms with E-state index in [4.69, 9.17) is 4.74 Å². The van der Waals surface area contributed by atoms with Crippen LogP contribution in [0.2, 0.25) is 0 Å². The maximum atomic E-state index is 13.2. The first-order valence-electron chi connectivity index (χ1n) is 13.2. The minimum atomic E-state index is 0.111. The van der Waals surface area contributed by atoms with Crippen LogP contribution in [0.3, 0.4) is 0 Å².